The van der Waals surface area contributed by atoms with Crippen LogP contribution in [0.3, 0.4) is 0 Å². The molecule has 0 radical (unpaired) electrons. The van der Waals surface area contributed by atoms with Crippen LogP contribution in [0.4, 0.5) is 0 Å². The zero-order chi connectivity index (χ0) is 10.8. The van der Waals surface area contributed by atoms with Crippen molar-refractivity contribution in [1.82, 2.24) is 0 Å². The Balaban J connectivity index is 0.000000293. The molecule has 0 N–H and O–H groups in total. The average Bonchev–Trinajstić information content (AvgIpc) is 2.08. The van der Waals surface area contributed by atoms with Gasteiger partial charge in [0.25, 0.3) is 0 Å². The molecule has 2 aliphatic carbocycles. The molecule has 2 aliphatic rings. The average molecular weight is 196 g/mol. The van der Waals surface area contributed by atoms with E-state index in [4.69, 9.17) is 0 Å². The number of rotatable bonds is 0. The first-order valence-corrected chi connectivity index (χ1v) is 6.48. The quantitative estimate of drug-likeness (QED) is 0.510. The standard InChI is InChI=1S/C11H20.C3H8/c1-10(2)7-4-5-9-6-8-11(9,10)3;1-3-2/h9H,4-8H2,1-3H3;3H2,1-2H3. The van der Waals surface area contributed by atoms with Gasteiger partial charge in [-0.2, -0.15) is 0 Å². The number of fused-ring (bicyclic) bond motifs is 1. The van der Waals surface area contributed by atoms with Crippen molar-refractivity contribution >= 4 is 0 Å². The first-order chi connectivity index (χ1) is 6.48. The minimum Gasteiger partial charge on any atom is -0.0656 e. The maximum atomic E-state index is 2.51. The Labute approximate surface area is 90.5 Å². The minimum absolute atomic E-state index is 0.633. The van der Waals surface area contributed by atoms with Gasteiger partial charge < -0.3 is 0 Å². The first-order valence-electron chi connectivity index (χ1n) is 6.48. The summed E-state index contributed by atoms with van der Waals surface area (Å²) in [7, 11) is 0. The van der Waals surface area contributed by atoms with Crippen molar-refractivity contribution in [2.45, 2.75) is 73.1 Å². The van der Waals surface area contributed by atoms with E-state index in [9.17, 15) is 0 Å². The van der Waals surface area contributed by atoms with Gasteiger partial charge in [-0.15, -0.1) is 0 Å². The Morgan fingerprint density at radius 3 is 1.86 bits per heavy atom. The Kier molecular flexibility index (Phi) is 3.66. The molecule has 84 valence electrons. The molecule has 14 heavy (non-hydrogen) atoms. The fourth-order valence-electron chi connectivity index (χ4n) is 3.21. The molecule has 0 aliphatic heterocycles. The lowest BCUT2D eigenvalue weighted by Gasteiger charge is -2.60. The summed E-state index contributed by atoms with van der Waals surface area (Å²) in [5.41, 5.74) is 1.35. The van der Waals surface area contributed by atoms with Crippen LogP contribution in [0.15, 0.2) is 0 Å². The van der Waals surface area contributed by atoms with Crippen LogP contribution in [0.25, 0.3) is 0 Å². The van der Waals surface area contributed by atoms with Crippen LogP contribution in [0.2, 0.25) is 0 Å². The zero-order valence-electron chi connectivity index (χ0n) is 10.8. The molecule has 2 unspecified atom stereocenters. The van der Waals surface area contributed by atoms with Crippen LogP contribution in [0, 0.1) is 16.7 Å². The molecule has 0 aromatic carbocycles. The fraction of sp³-hybridized carbons (Fsp3) is 1.00. The highest BCUT2D eigenvalue weighted by Crippen LogP contribution is 2.63. The molecule has 0 spiro atoms. The summed E-state index contributed by atoms with van der Waals surface area (Å²) in [5, 5.41) is 0. The highest BCUT2D eigenvalue weighted by molar-refractivity contribution is 5.03. The lowest BCUT2D eigenvalue weighted by atomic mass is 9.45. The molecule has 0 amide bonds. The third-order valence-corrected chi connectivity index (χ3v) is 4.81. The van der Waals surface area contributed by atoms with Gasteiger partial charge in [0, 0.05) is 0 Å². The zero-order valence-corrected chi connectivity index (χ0v) is 10.8. The summed E-state index contributed by atoms with van der Waals surface area (Å²) < 4.78 is 0. The van der Waals surface area contributed by atoms with Crippen molar-refractivity contribution in [1.29, 1.82) is 0 Å². The lowest BCUT2D eigenvalue weighted by Crippen LogP contribution is -2.51. The van der Waals surface area contributed by atoms with Gasteiger partial charge in [0.05, 0.1) is 0 Å². The van der Waals surface area contributed by atoms with Crippen LogP contribution in [-0.4, -0.2) is 0 Å². The third-order valence-electron chi connectivity index (χ3n) is 4.81. The van der Waals surface area contributed by atoms with Crippen molar-refractivity contribution < 1.29 is 0 Å². The van der Waals surface area contributed by atoms with Crippen LogP contribution in [0.1, 0.15) is 73.1 Å². The fourth-order valence-corrected chi connectivity index (χ4v) is 3.21. The second-order valence-electron chi connectivity index (χ2n) is 6.14. The van der Waals surface area contributed by atoms with E-state index in [1.54, 1.807) is 0 Å². The monoisotopic (exact) mass is 196 g/mol. The van der Waals surface area contributed by atoms with Crippen molar-refractivity contribution in [3.05, 3.63) is 0 Å². The Morgan fingerprint density at radius 1 is 1.00 bits per heavy atom. The molecule has 2 atom stereocenters. The van der Waals surface area contributed by atoms with E-state index < -0.39 is 0 Å². The van der Waals surface area contributed by atoms with Gasteiger partial charge in [0.1, 0.15) is 0 Å². The maximum absolute atomic E-state index is 2.51. The summed E-state index contributed by atoms with van der Waals surface area (Å²) in [4.78, 5) is 0. The smallest absolute Gasteiger partial charge is 0.0246 e. The van der Waals surface area contributed by atoms with E-state index in [1.165, 1.54) is 38.5 Å². The van der Waals surface area contributed by atoms with Crippen LogP contribution in [-0.2, 0) is 0 Å². The lowest BCUT2D eigenvalue weighted by molar-refractivity contribution is -0.103. The molecule has 0 aromatic rings. The number of hydrogen-bond donors (Lipinski definition) is 0. The van der Waals surface area contributed by atoms with E-state index in [0.717, 1.165) is 5.92 Å². The van der Waals surface area contributed by atoms with Crippen LogP contribution < -0.4 is 0 Å². The Hall–Kier alpha value is 0. The van der Waals surface area contributed by atoms with Gasteiger partial charge >= 0.3 is 0 Å². The molecule has 0 aromatic heterocycles. The predicted octanol–water partition coefficient (Wildman–Crippen LogP) is 5.03. The van der Waals surface area contributed by atoms with Gasteiger partial charge in [-0.05, 0) is 42.4 Å². The van der Waals surface area contributed by atoms with E-state index >= 15 is 0 Å². The summed E-state index contributed by atoms with van der Waals surface area (Å²) in [6.07, 6.45) is 8.71. The summed E-state index contributed by atoms with van der Waals surface area (Å²) in [6.45, 7) is 11.7. The second-order valence-corrected chi connectivity index (χ2v) is 6.14. The second kappa shape index (κ2) is 4.24. The topological polar surface area (TPSA) is 0 Å². The molecule has 0 heterocycles. The maximum Gasteiger partial charge on any atom is -0.0246 e. The molecular formula is C14H28. The largest absolute Gasteiger partial charge is 0.0656 e. The van der Waals surface area contributed by atoms with Gasteiger partial charge in [-0.3, -0.25) is 0 Å². The van der Waals surface area contributed by atoms with Crippen molar-refractivity contribution in [2.24, 2.45) is 16.7 Å². The van der Waals surface area contributed by atoms with Crippen molar-refractivity contribution in [3.8, 4) is 0 Å². The van der Waals surface area contributed by atoms with Gasteiger partial charge in [0.15, 0.2) is 0 Å². The molecule has 2 saturated carbocycles. The summed E-state index contributed by atoms with van der Waals surface area (Å²) in [6, 6.07) is 0. The molecule has 0 heteroatoms. The van der Waals surface area contributed by atoms with Crippen molar-refractivity contribution in [2.75, 3.05) is 0 Å². The molecule has 0 bridgehead atoms. The van der Waals surface area contributed by atoms with Crippen molar-refractivity contribution in [3.63, 3.8) is 0 Å². The van der Waals surface area contributed by atoms with Gasteiger partial charge in [-0.1, -0.05) is 47.5 Å². The van der Waals surface area contributed by atoms with Crippen LogP contribution >= 0.6 is 0 Å². The minimum atomic E-state index is 0.633. The predicted molar refractivity (Wildman–Crippen MR) is 64.4 cm³/mol. The van der Waals surface area contributed by atoms with Gasteiger partial charge in [0.2, 0.25) is 0 Å². The Bertz CT molecular complexity index is 180. The number of hydrogen-bond acceptors (Lipinski definition) is 0. The first kappa shape index (κ1) is 12.1. The Morgan fingerprint density at radius 2 is 1.57 bits per heavy atom. The highest BCUT2D eigenvalue weighted by atomic mass is 14.6. The van der Waals surface area contributed by atoms with E-state index in [0.29, 0.717) is 10.8 Å². The molecule has 2 rings (SSSR count). The van der Waals surface area contributed by atoms with E-state index in [-0.39, 0.29) is 0 Å². The molecule has 0 saturated heterocycles. The van der Waals surface area contributed by atoms with Gasteiger partial charge in [-0.25, -0.2) is 0 Å². The third kappa shape index (κ3) is 1.85. The molecule has 0 nitrogen and oxygen atoms in total. The van der Waals surface area contributed by atoms with Crippen LogP contribution in [0.5, 0.6) is 0 Å². The highest BCUT2D eigenvalue weighted by Gasteiger charge is 2.53. The molecule has 2 fully saturated rings. The SMILES string of the molecule is CC1(C)CCCC2CCC21C.CCC. The molecular weight excluding hydrogens is 168 g/mol. The summed E-state index contributed by atoms with van der Waals surface area (Å²) in [5.74, 6) is 1.08. The van der Waals surface area contributed by atoms with E-state index in [1.807, 2.05) is 0 Å². The summed E-state index contributed by atoms with van der Waals surface area (Å²) >= 11 is 0. The normalized spacial score (nSPS) is 38.8. The van der Waals surface area contributed by atoms with E-state index in [2.05, 4.69) is 34.6 Å².